The highest BCUT2D eigenvalue weighted by molar-refractivity contribution is 6.03. The van der Waals surface area contributed by atoms with Gasteiger partial charge >= 0.3 is 0 Å². The minimum Gasteiger partial charge on any atom is -0.355 e. The first-order valence-corrected chi connectivity index (χ1v) is 6.97. The molecule has 0 bridgehead atoms. The third-order valence-corrected chi connectivity index (χ3v) is 3.22. The van der Waals surface area contributed by atoms with Crippen molar-refractivity contribution in [3.8, 4) is 0 Å². The Morgan fingerprint density at radius 3 is 2.55 bits per heavy atom. The van der Waals surface area contributed by atoms with Crippen LogP contribution in [0.2, 0.25) is 0 Å². The monoisotopic (exact) mass is 294 g/mol. The van der Waals surface area contributed by atoms with Crippen LogP contribution in [0.15, 0.2) is 54.6 Å². The van der Waals surface area contributed by atoms with Crippen molar-refractivity contribution >= 4 is 23.6 Å². The molecule has 0 spiro atoms. The maximum Gasteiger partial charge on any atom is 0.251 e. The maximum absolute atomic E-state index is 11.9. The molecule has 0 heterocycles. The van der Waals surface area contributed by atoms with Crippen LogP contribution in [0.4, 0.5) is 5.69 Å². The van der Waals surface area contributed by atoms with Crippen LogP contribution in [-0.2, 0) is 4.79 Å². The van der Waals surface area contributed by atoms with Gasteiger partial charge in [0, 0.05) is 24.4 Å². The Morgan fingerprint density at radius 1 is 1.05 bits per heavy atom. The van der Waals surface area contributed by atoms with E-state index in [1.165, 1.54) is 6.08 Å². The largest absolute Gasteiger partial charge is 0.355 e. The van der Waals surface area contributed by atoms with Gasteiger partial charge in [0.05, 0.1) is 0 Å². The van der Waals surface area contributed by atoms with E-state index in [9.17, 15) is 9.59 Å². The number of rotatable bonds is 4. The SMILES string of the molecule is CNC(=O)c1cccc(NC(=O)C=Cc2ccccc2C)c1. The zero-order chi connectivity index (χ0) is 15.9. The van der Waals surface area contributed by atoms with Crippen molar-refractivity contribution in [3.63, 3.8) is 0 Å². The fourth-order valence-electron chi connectivity index (χ4n) is 2.01. The van der Waals surface area contributed by atoms with Crippen LogP contribution in [-0.4, -0.2) is 18.9 Å². The third kappa shape index (κ3) is 4.06. The molecule has 112 valence electrons. The van der Waals surface area contributed by atoms with E-state index in [1.54, 1.807) is 37.4 Å². The summed E-state index contributed by atoms with van der Waals surface area (Å²) in [5.74, 6) is -0.427. The lowest BCUT2D eigenvalue weighted by atomic mass is 10.1. The van der Waals surface area contributed by atoms with E-state index in [4.69, 9.17) is 0 Å². The van der Waals surface area contributed by atoms with E-state index in [2.05, 4.69) is 10.6 Å². The molecular weight excluding hydrogens is 276 g/mol. The Hall–Kier alpha value is -2.88. The Labute approximate surface area is 129 Å². The molecule has 2 aromatic rings. The predicted octanol–water partition coefficient (Wildman–Crippen LogP) is 3.01. The van der Waals surface area contributed by atoms with Gasteiger partial charge in [-0.05, 0) is 42.3 Å². The first-order valence-electron chi connectivity index (χ1n) is 6.97. The predicted molar refractivity (Wildman–Crippen MR) is 88.7 cm³/mol. The highest BCUT2D eigenvalue weighted by Gasteiger charge is 2.04. The second-order valence-electron chi connectivity index (χ2n) is 4.84. The lowest BCUT2D eigenvalue weighted by Gasteiger charge is -2.05. The molecule has 0 fully saturated rings. The molecule has 0 saturated carbocycles. The number of hydrogen-bond acceptors (Lipinski definition) is 2. The number of carbonyl (C=O) groups is 2. The van der Waals surface area contributed by atoms with Gasteiger partial charge in [-0.1, -0.05) is 30.3 Å². The molecular formula is C18H18N2O2. The van der Waals surface area contributed by atoms with Crippen molar-refractivity contribution in [1.82, 2.24) is 5.32 Å². The van der Waals surface area contributed by atoms with Crippen LogP contribution in [0.5, 0.6) is 0 Å². The molecule has 0 aliphatic rings. The highest BCUT2D eigenvalue weighted by Crippen LogP contribution is 2.12. The summed E-state index contributed by atoms with van der Waals surface area (Å²) in [4.78, 5) is 23.5. The van der Waals surface area contributed by atoms with Crippen molar-refractivity contribution in [1.29, 1.82) is 0 Å². The fraction of sp³-hybridized carbons (Fsp3) is 0.111. The van der Waals surface area contributed by atoms with Crippen molar-refractivity contribution in [3.05, 3.63) is 71.3 Å². The van der Waals surface area contributed by atoms with Gasteiger partial charge in [0.2, 0.25) is 5.91 Å². The molecule has 2 aromatic carbocycles. The zero-order valence-corrected chi connectivity index (χ0v) is 12.6. The highest BCUT2D eigenvalue weighted by atomic mass is 16.2. The van der Waals surface area contributed by atoms with E-state index in [0.717, 1.165) is 11.1 Å². The Morgan fingerprint density at radius 2 is 1.82 bits per heavy atom. The third-order valence-electron chi connectivity index (χ3n) is 3.22. The second kappa shape index (κ2) is 7.22. The maximum atomic E-state index is 11.9. The first kappa shape index (κ1) is 15.5. The van der Waals surface area contributed by atoms with Crippen LogP contribution < -0.4 is 10.6 Å². The molecule has 2 rings (SSSR count). The molecule has 0 saturated heterocycles. The van der Waals surface area contributed by atoms with Crippen LogP contribution in [0, 0.1) is 6.92 Å². The van der Waals surface area contributed by atoms with E-state index in [-0.39, 0.29) is 11.8 Å². The van der Waals surface area contributed by atoms with Gasteiger partial charge in [0.15, 0.2) is 0 Å². The van der Waals surface area contributed by atoms with Crippen molar-refractivity contribution in [2.24, 2.45) is 0 Å². The molecule has 2 amide bonds. The van der Waals surface area contributed by atoms with Gasteiger partial charge in [-0.2, -0.15) is 0 Å². The summed E-state index contributed by atoms with van der Waals surface area (Å²) in [6.07, 6.45) is 3.25. The van der Waals surface area contributed by atoms with Gasteiger partial charge in [-0.15, -0.1) is 0 Å². The summed E-state index contributed by atoms with van der Waals surface area (Å²) >= 11 is 0. The summed E-state index contributed by atoms with van der Waals surface area (Å²) in [5.41, 5.74) is 3.19. The number of aryl methyl sites for hydroxylation is 1. The quantitative estimate of drug-likeness (QED) is 0.852. The van der Waals surface area contributed by atoms with Crippen molar-refractivity contribution in [2.45, 2.75) is 6.92 Å². The molecule has 4 nitrogen and oxygen atoms in total. The molecule has 0 atom stereocenters. The summed E-state index contributed by atoms with van der Waals surface area (Å²) < 4.78 is 0. The zero-order valence-electron chi connectivity index (χ0n) is 12.6. The minimum atomic E-state index is -0.239. The molecule has 0 radical (unpaired) electrons. The van der Waals surface area contributed by atoms with Crippen LogP contribution in [0.1, 0.15) is 21.5 Å². The van der Waals surface area contributed by atoms with Crippen molar-refractivity contribution in [2.75, 3.05) is 12.4 Å². The van der Waals surface area contributed by atoms with E-state index < -0.39 is 0 Å². The Bertz CT molecular complexity index is 721. The van der Waals surface area contributed by atoms with E-state index in [1.807, 2.05) is 31.2 Å². The Kier molecular flexibility index (Phi) is 5.09. The van der Waals surface area contributed by atoms with Crippen LogP contribution in [0.25, 0.3) is 6.08 Å². The molecule has 4 heteroatoms. The van der Waals surface area contributed by atoms with Gasteiger partial charge in [-0.25, -0.2) is 0 Å². The first-order chi connectivity index (χ1) is 10.6. The summed E-state index contributed by atoms with van der Waals surface area (Å²) in [7, 11) is 1.57. The number of anilines is 1. The topological polar surface area (TPSA) is 58.2 Å². The van der Waals surface area contributed by atoms with Gasteiger partial charge in [0.25, 0.3) is 5.91 Å². The lowest BCUT2D eigenvalue weighted by molar-refractivity contribution is -0.111. The number of carbonyl (C=O) groups excluding carboxylic acids is 2. The molecule has 0 aromatic heterocycles. The summed E-state index contributed by atoms with van der Waals surface area (Å²) in [5, 5.41) is 5.29. The Balaban J connectivity index is 2.06. The second-order valence-corrected chi connectivity index (χ2v) is 4.84. The van der Waals surface area contributed by atoms with Gasteiger partial charge in [-0.3, -0.25) is 9.59 Å². The number of hydrogen-bond donors (Lipinski definition) is 2. The van der Waals surface area contributed by atoms with Gasteiger partial charge in [0.1, 0.15) is 0 Å². The van der Waals surface area contributed by atoms with E-state index >= 15 is 0 Å². The lowest BCUT2D eigenvalue weighted by Crippen LogP contribution is -2.18. The molecule has 0 unspecified atom stereocenters. The average Bonchev–Trinajstić information content (AvgIpc) is 2.53. The molecule has 0 aliphatic carbocycles. The average molecular weight is 294 g/mol. The minimum absolute atomic E-state index is 0.188. The fourth-order valence-corrected chi connectivity index (χ4v) is 2.01. The number of nitrogens with one attached hydrogen (secondary N) is 2. The van der Waals surface area contributed by atoms with Crippen molar-refractivity contribution < 1.29 is 9.59 Å². The summed E-state index contributed by atoms with van der Waals surface area (Å²) in [6.45, 7) is 1.99. The molecule has 0 aliphatic heterocycles. The van der Waals surface area contributed by atoms with Crippen LogP contribution in [0.3, 0.4) is 0 Å². The smallest absolute Gasteiger partial charge is 0.251 e. The number of benzene rings is 2. The number of amides is 2. The van der Waals surface area contributed by atoms with Gasteiger partial charge < -0.3 is 10.6 Å². The summed E-state index contributed by atoms with van der Waals surface area (Å²) in [6, 6.07) is 14.6. The van der Waals surface area contributed by atoms with Crippen LogP contribution >= 0.6 is 0 Å². The molecule has 22 heavy (non-hydrogen) atoms. The van der Waals surface area contributed by atoms with E-state index in [0.29, 0.717) is 11.3 Å². The molecule has 2 N–H and O–H groups in total. The normalized spacial score (nSPS) is 10.5. The standard InChI is InChI=1S/C18H18N2O2/c1-13-6-3-4-7-14(13)10-11-17(21)20-16-9-5-8-15(12-16)18(22)19-2/h3-12H,1-2H3,(H,19,22)(H,20,21).